The summed E-state index contributed by atoms with van der Waals surface area (Å²) in [6.07, 6.45) is -1.24. The van der Waals surface area contributed by atoms with Crippen LogP contribution in [0.1, 0.15) is 17.3 Å². The highest BCUT2D eigenvalue weighted by atomic mass is 35.5. The van der Waals surface area contributed by atoms with Crippen molar-refractivity contribution in [2.75, 3.05) is 5.32 Å². The number of carbonyl (C=O) groups excluding carboxylic acids is 2. The molecular formula is C16H11Cl2FN2O5. The number of hydrogen-bond acceptors (Lipinski definition) is 5. The number of rotatable bonds is 5. The Morgan fingerprint density at radius 1 is 1.19 bits per heavy atom. The summed E-state index contributed by atoms with van der Waals surface area (Å²) < 4.78 is 18.0. The highest BCUT2D eigenvalue weighted by Crippen LogP contribution is 2.26. The van der Waals surface area contributed by atoms with Crippen molar-refractivity contribution in [3.05, 3.63) is 67.9 Å². The van der Waals surface area contributed by atoms with Crippen molar-refractivity contribution >= 4 is 46.5 Å². The Balaban J connectivity index is 2.07. The first-order valence-corrected chi connectivity index (χ1v) is 7.85. The summed E-state index contributed by atoms with van der Waals surface area (Å²) in [5.74, 6) is -2.23. The van der Waals surface area contributed by atoms with E-state index >= 15 is 0 Å². The fourth-order valence-electron chi connectivity index (χ4n) is 1.89. The largest absolute Gasteiger partial charge is 0.449 e. The summed E-state index contributed by atoms with van der Waals surface area (Å²) in [4.78, 5) is 34.2. The van der Waals surface area contributed by atoms with Gasteiger partial charge < -0.3 is 10.1 Å². The summed E-state index contributed by atoms with van der Waals surface area (Å²) in [7, 11) is 0. The van der Waals surface area contributed by atoms with Crippen LogP contribution in [0.3, 0.4) is 0 Å². The molecule has 1 atom stereocenters. The first-order chi connectivity index (χ1) is 12.2. The van der Waals surface area contributed by atoms with E-state index in [1.807, 2.05) is 0 Å². The molecule has 0 unspecified atom stereocenters. The van der Waals surface area contributed by atoms with Crippen molar-refractivity contribution in [2.45, 2.75) is 13.0 Å². The Morgan fingerprint density at radius 3 is 2.50 bits per heavy atom. The Morgan fingerprint density at radius 2 is 1.88 bits per heavy atom. The molecule has 0 fully saturated rings. The van der Waals surface area contributed by atoms with Crippen molar-refractivity contribution in [3.8, 4) is 0 Å². The molecule has 1 N–H and O–H groups in total. The zero-order valence-electron chi connectivity index (χ0n) is 13.2. The Hall–Kier alpha value is -2.71. The van der Waals surface area contributed by atoms with Crippen LogP contribution < -0.4 is 5.32 Å². The molecule has 0 saturated heterocycles. The molecule has 2 aromatic carbocycles. The maximum Gasteiger partial charge on any atom is 0.339 e. The lowest BCUT2D eigenvalue weighted by molar-refractivity contribution is -0.384. The molecule has 0 aliphatic heterocycles. The third-order valence-electron chi connectivity index (χ3n) is 3.22. The molecular weight excluding hydrogens is 390 g/mol. The van der Waals surface area contributed by atoms with Gasteiger partial charge in [0.1, 0.15) is 10.8 Å². The van der Waals surface area contributed by atoms with Gasteiger partial charge in [-0.3, -0.25) is 14.9 Å². The monoisotopic (exact) mass is 400 g/mol. The predicted octanol–water partition coefficient (Wildman–Crippen LogP) is 4.22. The van der Waals surface area contributed by atoms with Gasteiger partial charge in [0.25, 0.3) is 11.6 Å². The topological polar surface area (TPSA) is 98.5 Å². The lowest BCUT2D eigenvalue weighted by atomic mass is 10.2. The maximum atomic E-state index is 13.0. The Bertz CT molecular complexity index is 891. The number of benzene rings is 2. The standard InChI is InChI=1S/C16H11Cl2FN2O5/c1-8(15(22)20-13-5-3-10(19)7-12(13)18)26-16(23)9-2-4-11(17)14(6-9)21(24)25/h2-8H,1H3,(H,20,22)/t8-/m1/s1. The predicted molar refractivity (Wildman–Crippen MR) is 93.0 cm³/mol. The first-order valence-electron chi connectivity index (χ1n) is 7.10. The SMILES string of the molecule is C[C@@H](OC(=O)c1ccc(Cl)c([N+](=O)[O-])c1)C(=O)Nc1ccc(F)cc1Cl. The van der Waals surface area contributed by atoms with Gasteiger partial charge in [-0.1, -0.05) is 23.2 Å². The number of ether oxygens (including phenoxy) is 1. The third-order valence-corrected chi connectivity index (χ3v) is 3.85. The van der Waals surface area contributed by atoms with Crippen molar-refractivity contribution in [1.82, 2.24) is 0 Å². The van der Waals surface area contributed by atoms with Crippen molar-refractivity contribution < 1.29 is 23.6 Å². The van der Waals surface area contributed by atoms with E-state index in [-0.39, 0.29) is 21.3 Å². The fourth-order valence-corrected chi connectivity index (χ4v) is 2.29. The van der Waals surface area contributed by atoms with E-state index < -0.39 is 34.4 Å². The van der Waals surface area contributed by atoms with Crippen molar-refractivity contribution in [3.63, 3.8) is 0 Å². The second-order valence-electron chi connectivity index (χ2n) is 5.08. The highest BCUT2D eigenvalue weighted by molar-refractivity contribution is 6.33. The molecule has 2 rings (SSSR count). The highest BCUT2D eigenvalue weighted by Gasteiger charge is 2.22. The van der Waals surface area contributed by atoms with Crippen LogP contribution in [0.2, 0.25) is 10.0 Å². The number of esters is 1. The zero-order chi connectivity index (χ0) is 19.4. The van der Waals surface area contributed by atoms with E-state index in [1.54, 1.807) is 0 Å². The van der Waals surface area contributed by atoms with Gasteiger partial charge in [0.15, 0.2) is 6.10 Å². The minimum absolute atomic E-state index is 0.0230. The van der Waals surface area contributed by atoms with Gasteiger partial charge in [0.2, 0.25) is 0 Å². The molecule has 7 nitrogen and oxygen atoms in total. The number of amides is 1. The van der Waals surface area contributed by atoms with E-state index in [0.717, 1.165) is 18.2 Å². The molecule has 0 aliphatic carbocycles. The van der Waals surface area contributed by atoms with Crippen LogP contribution in [0, 0.1) is 15.9 Å². The molecule has 2 aromatic rings. The molecule has 0 aromatic heterocycles. The zero-order valence-corrected chi connectivity index (χ0v) is 14.7. The Labute approximate surface area is 156 Å². The summed E-state index contributed by atoms with van der Waals surface area (Å²) >= 11 is 11.5. The number of halogens is 3. The van der Waals surface area contributed by atoms with E-state index in [9.17, 15) is 24.1 Å². The van der Waals surface area contributed by atoms with Gasteiger partial charge in [-0.2, -0.15) is 0 Å². The van der Waals surface area contributed by atoms with Crippen LogP contribution >= 0.6 is 23.2 Å². The number of anilines is 1. The van der Waals surface area contributed by atoms with Crippen LogP contribution in [0.5, 0.6) is 0 Å². The van der Waals surface area contributed by atoms with Crippen LogP contribution in [-0.4, -0.2) is 22.9 Å². The number of nitro benzene ring substituents is 1. The van der Waals surface area contributed by atoms with E-state index in [4.69, 9.17) is 27.9 Å². The second kappa shape index (κ2) is 8.11. The lowest BCUT2D eigenvalue weighted by Crippen LogP contribution is -2.30. The number of hydrogen-bond donors (Lipinski definition) is 1. The number of nitro groups is 1. The molecule has 10 heteroatoms. The molecule has 1 amide bonds. The minimum Gasteiger partial charge on any atom is -0.449 e. The Kier molecular flexibility index (Phi) is 6.12. The smallest absolute Gasteiger partial charge is 0.339 e. The van der Waals surface area contributed by atoms with Gasteiger partial charge in [-0.15, -0.1) is 0 Å². The van der Waals surface area contributed by atoms with Gasteiger partial charge in [-0.25, -0.2) is 9.18 Å². The summed E-state index contributed by atoms with van der Waals surface area (Å²) in [5.41, 5.74) is -0.458. The molecule has 26 heavy (non-hydrogen) atoms. The van der Waals surface area contributed by atoms with E-state index in [1.165, 1.54) is 25.1 Å². The fraction of sp³-hybridized carbons (Fsp3) is 0.125. The van der Waals surface area contributed by atoms with Gasteiger partial charge in [0, 0.05) is 6.07 Å². The molecule has 0 radical (unpaired) electrons. The van der Waals surface area contributed by atoms with Crippen LogP contribution in [0.15, 0.2) is 36.4 Å². The second-order valence-corrected chi connectivity index (χ2v) is 5.90. The van der Waals surface area contributed by atoms with E-state index in [2.05, 4.69) is 5.32 Å². The van der Waals surface area contributed by atoms with E-state index in [0.29, 0.717) is 0 Å². The number of nitrogens with one attached hydrogen (secondary N) is 1. The number of nitrogens with zero attached hydrogens (tertiary/aromatic N) is 1. The molecule has 0 spiro atoms. The lowest BCUT2D eigenvalue weighted by Gasteiger charge is -2.14. The van der Waals surface area contributed by atoms with Crippen molar-refractivity contribution in [1.29, 1.82) is 0 Å². The van der Waals surface area contributed by atoms with Crippen LogP contribution in [0.25, 0.3) is 0 Å². The summed E-state index contributed by atoms with van der Waals surface area (Å²) in [5, 5.41) is 13.1. The minimum atomic E-state index is -1.24. The number of carbonyl (C=O) groups is 2. The average Bonchev–Trinajstić information content (AvgIpc) is 2.57. The molecule has 0 saturated carbocycles. The third kappa shape index (κ3) is 4.68. The first kappa shape index (κ1) is 19.6. The van der Waals surface area contributed by atoms with Crippen LogP contribution in [0.4, 0.5) is 15.8 Å². The molecule has 0 aliphatic rings. The van der Waals surface area contributed by atoms with Crippen LogP contribution in [-0.2, 0) is 9.53 Å². The van der Waals surface area contributed by atoms with Gasteiger partial charge >= 0.3 is 5.97 Å². The quantitative estimate of drug-likeness (QED) is 0.460. The summed E-state index contributed by atoms with van der Waals surface area (Å²) in [6.45, 7) is 1.30. The van der Waals surface area contributed by atoms with Crippen molar-refractivity contribution in [2.24, 2.45) is 0 Å². The molecule has 136 valence electrons. The van der Waals surface area contributed by atoms with Gasteiger partial charge in [-0.05, 0) is 37.3 Å². The normalized spacial score (nSPS) is 11.5. The van der Waals surface area contributed by atoms with Gasteiger partial charge in [0.05, 0.1) is 21.2 Å². The molecule has 0 bridgehead atoms. The maximum absolute atomic E-state index is 13.0. The average molecular weight is 401 g/mol. The summed E-state index contributed by atoms with van der Waals surface area (Å²) in [6, 6.07) is 6.74. The molecule has 0 heterocycles.